The Labute approximate surface area is 86.3 Å². The topological polar surface area (TPSA) is 51.8 Å². The molecular weight excluding hydrogens is 209 g/mol. The fraction of sp³-hybridized carbons (Fsp3) is 0. The molecule has 1 aromatic heterocycles. The van der Waals surface area contributed by atoms with E-state index < -0.39 is 0 Å². The van der Waals surface area contributed by atoms with Gasteiger partial charge in [-0.05, 0) is 12.1 Å². The van der Waals surface area contributed by atoms with Crippen LogP contribution in [0.3, 0.4) is 0 Å². The van der Waals surface area contributed by atoms with E-state index in [2.05, 4.69) is 9.97 Å². The normalized spacial score (nSPS) is 9.62. The molecule has 0 atom stereocenters. The van der Waals surface area contributed by atoms with Gasteiger partial charge in [-0.1, -0.05) is 11.6 Å². The van der Waals surface area contributed by atoms with Crippen molar-refractivity contribution in [2.75, 3.05) is 5.73 Å². The molecule has 0 fully saturated rings. The van der Waals surface area contributed by atoms with E-state index in [1.54, 1.807) is 24.5 Å². The molecule has 0 aliphatic carbocycles. The predicted octanol–water partition coefficient (Wildman–Crippen LogP) is 2.29. The van der Waals surface area contributed by atoms with E-state index in [0.717, 1.165) is 5.52 Å². The average molecular weight is 216 g/mol. The smallest absolute Gasteiger partial charge is 0.109 e. The Kier molecular flexibility index (Phi) is 2.90. The van der Waals surface area contributed by atoms with Crippen molar-refractivity contribution in [3.05, 3.63) is 29.5 Å². The van der Waals surface area contributed by atoms with Crippen LogP contribution in [0.2, 0.25) is 5.02 Å². The summed E-state index contributed by atoms with van der Waals surface area (Å²) < 4.78 is 0. The van der Waals surface area contributed by atoms with Crippen molar-refractivity contribution in [1.29, 1.82) is 0 Å². The third-order valence-corrected chi connectivity index (χ3v) is 2.01. The molecule has 1 aromatic carbocycles. The summed E-state index contributed by atoms with van der Waals surface area (Å²) in [5.41, 5.74) is 7.53. The summed E-state index contributed by atoms with van der Waals surface area (Å²) in [6, 6.07) is 3.52. The van der Waals surface area contributed by atoms with Crippen molar-refractivity contribution in [3.8, 4) is 0 Å². The van der Waals surface area contributed by atoms with Crippen LogP contribution in [0.4, 0.5) is 5.69 Å². The number of nitrogens with zero attached hydrogens (tertiary/aromatic N) is 2. The number of halogens is 2. The molecule has 0 bridgehead atoms. The van der Waals surface area contributed by atoms with Crippen LogP contribution in [0, 0.1) is 0 Å². The molecule has 2 rings (SSSR count). The molecule has 0 unspecified atom stereocenters. The number of aromatic nitrogens is 2. The minimum absolute atomic E-state index is 0. The number of hydrogen-bond acceptors (Lipinski definition) is 3. The highest BCUT2D eigenvalue weighted by Gasteiger charge is 2.02. The van der Waals surface area contributed by atoms with E-state index >= 15 is 0 Å². The van der Waals surface area contributed by atoms with Gasteiger partial charge >= 0.3 is 0 Å². The third kappa shape index (κ3) is 1.66. The number of rotatable bonds is 0. The van der Waals surface area contributed by atoms with Gasteiger partial charge in [0.1, 0.15) is 5.52 Å². The van der Waals surface area contributed by atoms with E-state index in [0.29, 0.717) is 16.2 Å². The third-order valence-electron chi connectivity index (χ3n) is 1.61. The van der Waals surface area contributed by atoms with Gasteiger partial charge in [-0.2, -0.15) is 0 Å². The summed E-state index contributed by atoms with van der Waals surface area (Å²) in [4.78, 5) is 8.15. The van der Waals surface area contributed by atoms with E-state index in [-0.39, 0.29) is 12.4 Å². The van der Waals surface area contributed by atoms with Gasteiger partial charge in [-0.25, -0.2) is 0 Å². The van der Waals surface area contributed by atoms with Gasteiger partial charge in [0, 0.05) is 12.4 Å². The first kappa shape index (κ1) is 10.0. The number of nitrogens with two attached hydrogens (primary N) is 1. The molecule has 0 aliphatic heterocycles. The van der Waals surface area contributed by atoms with Crippen LogP contribution in [-0.2, 0) is 0 Å². The predicted molar refractivity (Wildman–Crippen MR) is 56.2 cm³/mol. The summed E-state index contributed by atoms with van der Waals surface area (Å²) >= 11 is 5.90. The van der Waals surface area contributed by atoms with E-state index in [9.17, 15) is 0 Å². The molecule has 0 saturated heterocycles. The first-order valence-corrected chi connectivity index (χ1v) is 3.81. The van der Waals surface area contributed by atoms with E-state index in [4.69, 9.17) is 17.3 Å². The highest BCUT2D eigenvalue weighted by Crippen LogP contribution is 2.25. The molecule has 68 valence electrons. The van der Waals surface area contributed by atoms with Crippen LogP contribution in [0.15, 0.2) is 24.5 Å². The number of anilines is 1. The zero-order chi connectivity index (χ0) is 8.55. The molecule has 0 amide bonds. The zero-order valence-corrected chi connectivity index (χ0v) is 8.14. The first-order valence-electron chi connectivity index (χ1n) is 3.44. The summed E-state index contributed by atoms with van der Waals surface area (Å²) in [5, 5.41) is 0.473. The molecular formula is C8H7Cl2N3. The lowest BCUT2D eigenvalue weighted by Gasteiger charge is -2.00. The second-order valence-corrected chi connectivity index (χ2v) is 2.77. The summed E-state index contributed by atoms with van der Waals surface area (Å²) in [5.74, 6) is 0. The van der Waals surface area contributed by atoms with Gasteiger partial charge in [-0.3, -0.25) is 9.97 Å². The van der Waals surface area contributed by atoms with Crippen LogP contribution in [0.5, 0.6) is 0 Å². The fourth-order valence-electron chi connectivity index (χ4n) is 1.02. The lowest BCUT2D eigenvalue weighted by Crippen LogP contribution is -1.89. The Balaban J connectivity index is 0.000000845. The molecule has 0 aliphatic rings. The Hall–Kier alpha value is -1.06. The SMILES string of the molecule is Cl.Nc1ccc2nccnc2c1Cl. The van der Waals surface area contributed by atoms with E-state index in [1.165, 1.54) is 0 Å². The van der Waals surface area contributed by atoms with Crippen LogP contribution in [0.25, 0.3) is 11.0 Å². The van der Waals surface area contributed by atoms with Gasteiger partial charge in [0.05, 0.1) is 16.2 Å². The maximum Gasteiger partial charge on any atom is 0.109 e. The first-order chi connectivity index (χ1) is 5.79. The Bertz CT molecular complexity index is 431. The molecule has 0 saturated carbocycles. The summed E-state index contributed by atoms with van der Waals surface area (Å²) in [7, 11) is 0. The monoisotopic (exact) mass is 215 g/mol. The number of hydrogen-bond donors (Lipinski definition) is 1. The molecule has 0 radical (unpaired) electrons. The van der Waals surface area contributed by atoms with Crippen molar-refractivity contribution < 1.29 is 0 Å². The van der Waals surface area contributed by atoms with E-state index in [1.807, 2.05) is 0 Å². The van der Waals surface area contributed by atoms with Crippen molar-refractivity contribution in [2.45, 2.75) is 0 Å². The van der Waals surface area contributed by atoms with Crippen LogP contribution in [0.1, 0.15) is 0 Å². The average Bonchev–Trinajstić information content (AvgIpc) is 2.12. The molecule has 1 heterocycles. The minimum Gasteiger partial charge on any atom is -0.397 e. The standard InChI is InChI=1S/C8H6ClN3.ClH/c9-7-5(10)1-2-6-8(7)12-4-3-11-6;/h1-4H,10H2;1H. The minimum atomic E-state index is 0. The highest BCUT2D eigenvalue weighted by molar-refractivity contribution is 6.37. The number of nitrogen functional groups attached to an aromatic ring is 1. The molecule has 2 N–H and O–H groups in total. The second kappa shape index (κ2) is 3.77. The molecule has 3 nitrogen and oxygen atoms in total. The van der Waals surface area contributed by atoms with Gasteiger partial charge < -0.3 is 5.73 Å². The Morgan fingerprint density at radius 1 is 1.15 bits per heavy atom. The number of fused-ring (bicyclic) bond motifs is 1. The van der Waals surface area contributed by atoms with Gasteiger partial charge in [0.2, 0.25) is 0 Å². The Morgan fingerprint density at radius 2 is 1.85 bits per heavy atom. The lowest BCUT2D eigenvalue weighted by atomic mass is 10.2. The lowest BCUT2D eigenvalue weighted by molar-refractivity contribution is 1.29. The molecule has 5 heteroatoms. The highest BCUT2D eigenvalue weighted by atomic mass is 35.5. The van der Waals surface area contributed by atoms with Crippen LogP contribution < -0.4 is 5.73 Å². The maximum absolute atomic E-state index is 5.90. The zero-order valence-electron chi connectivity index (χ0n) is 6.57. The van der Waals surface area contributed by atoms with Gasteiger partial charge in [0.15, 0.2) is 0 Å². The summed E-state index contributed by atoms with van der Waals surface area (Å²) in [6.07, 6.45) is 3.21. The summed E-state index contributed by atoms with van der Waals surface area (Å²) in [6.45, 7) is 0. The van der Waals surface area contributed by atoms with Gasteiger partial charge in [0.25, 0.3) is 0 Å². The van der Waals surface area contributed by atoms with Crippen molar-refractivity contribution in [1.82, 2.24) is 9.97 Å². The Morgan fingerprint density at radius 3 is 2.62 bits per heavy atom. The largest absolute Gasteiger partial charge is 0.397 e. The maximum atomic E-state index is 5.90. The molecule has 13 heavy (non-hydrogen) atoms. The number of benzene rings is 1. The molecule has 0 spiro atoms. The van der Waals surface area contributed by atoms with Gasteiger partial charge in [-0.15, -0.1) is 12.4 Å². The van der Waals surface area contributed by atoms with Crippen molar-refractivity contribution in [2.24, 2.45) is 0 Å². The fourth-order valence-corrected chi connectivity index (χ4v) is 1.23. The van der Waals surface area contributed by atoms with Crippen molar-refractivity contribution in [3.63, 3.8) is 0 Å². The molecule has 2 aromatic rings. The van der Waals surface area contributed by atoms with Crippen molar-refractivity contribution >= 4 is 40.7 Å². The second-order valence-electron chi connectivity index (χ2n) is 2.39. The van der Waals surface area contributed by atoms with Crippen LogP contribution >= 0.6 is 24.0 Å². The van der Waals surface area contributed by atoms with Crippen LogP contribution in [-0.4, -0.2) is 9.97 Å². The quantitative estimate of drug-likeness (QED) is 0.687.